The molecule has 0 amide bonds. The molecule has 0 saturated carbocycles. The predicted octanol–water partition coefficient (Wildman–Crippen LogP) is 4.41. The van der Waals surface area contributed by atoms with Gasteiger partial charge in [0.2, 0.25) is 5.88 Å². The number of hydrogen-bond acceptors (Lipinski definition) is 10. The van der Waals surface area contributed by atoms with Crippen LogP contribution in [0.25, 0.3) is 22.0 Å². The third-order valence-electron chi connectivity index (χ3n) is 6.78. The third kappa shape index (κ3) is 6.49. The van der Waals surface area contributed by atoms with Crippen molar-refractivity contribution in [3.8, 4) is 17.0 Å². The van der Waals surface area contributed by atoms with E-state index < -0.39 is 32.0 Å². The number of fused-ring (bicyclic) bond motifs is 1. The fourth-order valence-corrected chi connectivity index (χ4v) is 5.57. The van der Waals surface area contributed by atoms with E-state index in [4.69, 9.17) is 9.57 Å². The first-order valence-electron chi connectivity index (χ1n) is 13.3. The highest BCUT2D eigenvalue weighted by atomic mass is 32.2. The number of ether oxygens (including phenoxy) is 1. The zero-order chi connectivity index (χ0) is 30.9. The SMILES string of the molecule is COc1ncc(-c2ccc3c(N4CCN(OC(=O)C(C)(C)C)CC4)ncnc3c2)cc1NS(=O)(=O)c1ccc(F)cc1F. The van der Waals surface area contributed by atoms with E-state index in [0.29, 0.717) is 48.9 Å². The number of pyridine rings is 1. The van der Waals surface area contributed by atoms with E-state index in [9.17, 15) is 22.0 Å². The number of carbonyl (C=O) groups excluding carboxylic acids is 1. The van der Waals surface area contributed by atoms with Crippen molar-refractivity contribution in [2.75, 3.05) is 42.9 Å². The van der Waals surface area contributed by atoms with Crippen LogP contribution in [0, 0.1) is 17.0 Å². The van der Waals surface area contributed by atoms with Gasteiger partial charge in [0.15, 0.2) is 0 Å². The molecule has 3 heterocycles. The lowest BCUT2D eigenvalue weighted by Crippen LogP contribution is -2.48. The number of aromatic nitrogens is 3. The number of carbonyl (C=O) groups is 1. The number of rotatable bonds is 7. The number of hydroxylamine groups is 2. The van der Waals surface area contributed by atoms with Crippen LogP contribution < -0.4 is 14.4 Å². The van der Waals surface area contributed by atoms with E-state index in [0.717, 1.165) is 23.3 Å². The normalized spacial score (nSPS) is 14.5. The molecule has 14 heteroatoms. The van der Waals surface area contributed by atoms with Gasteiger partial charge >= 0.3 is 5.97 Å². The van der Waals surface area contributed by atoms with Gasteiger partial charge in [-0.05, 0) is 56.7 Å². The molecule has 0 aliphatic carbocycles. The Morgan fingerprint density at radius 2 is 1.70 bits per heavy atom. The number of hydrogen-bond donors (Lipinski definition) is 1. The van der Waals surface area contributed by atoms with Crippen molar-refractivity contribution in [3.63, 3.8) is 0 Å². The number of halogens is 2. The van der Waals surface area contributed by atoms with Crippen molar-refractivity contribution >= 4 is 38.4 Å². The number of methoxy groups -OCH3 is 1. The Morgan fingerprint density at radius 1 is 0.953 bits per heavy atom. The maximum Gasteiger partial charge on any atom is 0.330 e. The Bertz CT molecular complexity index is 1790. The first-order valence-corrected chi connectivity index (χ1v) is 14.8. The number of benzene rings is 2. The van der Waals surface area contributed by atoms with Gasteiger partial charge in [-0.15, -0.1) is 5.06 Å². The Morgan fingerprint density at radius 3 is 2.37 bits per heavy atom. The summed E-state index contributed by atoms with van der Waals surface area (Å²) < 4.78 is 61.0. The molecule has 0 atom stereocenters. The van der Waals surface area contributed by atoms with Crippen LogP contribution in [-0.4, -0.2) is 67.7 Å². The van der Waals surface area contributed by atoms with Crippen LogP contribution in [0.3, 0.4) is 0 Å². The number of piperazine rings is 1. The third-order valence-corrected chi connectivity index (χ3v) is 8.18. The average Bonchev–Trinajstić information content (AvgIpc) is 2.96. The van der Waals surface area contributed by atoms with E-state index in [1.807, 2.05) is 39.0 Å². The second-order valence-corrected chi connectivity index (χ2v) is 12.6. The first-order chi connectivity index (χ1) is 20.4. The minimum atomic E-state index is -4.43. The number of nitrogens with zero attached hydrogens (tertiary/aromatic N) is 5. The summed E-state index contributed by atoms with van der Waals surface area (Å²) >= 11 is 0. The molecule has 0 unspecified atom stereocenters. The van der Waals surface area contributed by atoms with Gasteiger partial charge in [0.1, 0.15) is 34.4 Å². The van der Waals surface area contributed by atoms with Gasteiger partial charge in [0.25, 0.3) is 10.0 Å². The van der Waals surface area contributed by atoms with Crippen molar-refractivity contribution in [2.45, 2.75) is 25.7 Å². The van der Waals surface area contributed by atoms with Gasteiger partial charge in [0.05, 0.1) is 31.1 Å². The zero-order valence-corrected chi connectivity index (χ0v) is 24.8. The molecule has 0 spiro atoms. The van der Waals surface area contributed by atoms with Gasteiger partial charge in [0, 0.05) is 36.3 Å². The predicted molar refractivity (Wildman–Crippen MR) is 156 cm³/mol. The highest BCUT2D eigenvalue weighted by Crippen LogP contribution is 2.33. The van der Waals surface area contributed by atoms with Crippen LogP contribution in [-0.2, 0) is 19.7 Å². The molecule has 1 saturated heterocycles. The monoisotopic (exact) mass is 612 g/mol. The molecule has 1 aliphatic rings. The molecule has 11 nitrogen and oxygen atoms in total. The minimum absolute atomic E-state index is 0.0303. The van der Waals surface area contributed by atoms with Gasteiger partial charge in [-0.1, -0.05) is 6.07 Å². The Labute approximate surface area is 247 Å². The van der Waals surface area contributed by atoms with E-state index in [1.54, 1.807) is 5.06 Å². The van der Waals surface area contributed by atoms with Crippen molar-refractivity contribution in [1.29, 1.82) is 0 Å². The lowest BCUT2D eigenvalue weighted by Gasteiger charge is -2.35. The smallest absolute Gasteiger partial charge is 0.330 e. The summed E-state index contributed by atoms with van der Waals surface area (Å²) in [5.41, 5.74) is 1.24. The fourth-order valence-electron chi connectivity index (χ4n) is 4.46. The lowest BCUT2D eigenvalue weighted by molar-refractivity contribution is -0.201. The minimum Gasteiger partial charge on any atom is -0.480 e. The summed E-state index contributed by atoms with van der Waals surface area (Å²) in [6, 6.07) is 9.22. The largest absolute Gasteiger partial charge is 0.480 e. The van der Waals surface area contributed by atoms with Crippen LogP contribution in [0.1, 0.15) is 20.8 Å². The van der Waals surface area contributed by atoms with Crippen molar-refractivity contribution in [1.82, 2.24) is 20.0 Å². The molecule has 0 bridgehead atoms. The highest BCUT2D eigenvalue weighted by molar-refractivity contribution is 7.92. The highest BCUT2D eigenvalue weighted by Gasteiger charge is 2.29. The van der Waals surface area contributed by atoms with Crippen LogP contribution in [0.2, 0.25) is 0 Å². The van der Waals surface area contributed by atoms with E-state index in [-0.39, 0.29) is 17.5 Å². The second kappa shape index (κ2) is 11.7. The van der Waals surface area contributed by atoms with Gasteiger partial charge < -0.3 is 14.5 Å². The lowest BCUT2D eigenvalue weighted by atomic mass is 9.98. The van der Waals surface area contributed by atoms with Gasteiger partial charge in [-0.3, -0.25) is 4.72 Å². The van der Waals surface area contributed by atoms with Crippen LogP contribution in [0.15, 0.2) is 59.9 Å². The molecular formula is C29H30F2N6O5S. The molecule has 2 aromatic heterocycles. The Kier molecular flexibility index (Phi) is 8.16. The molecule has 1 aliphatic heterocycles. The second-order valence-electron chi connectivity index (χ2n) is 10.9. The molecule has 5 rings (SSSR count). The van der Waals surface area contributed by atoms with Crippen molar-refractivity contribution in [3.05, 3.63) is 66.6 Å². The van der Waals surface area contributed by atoms with Crippen LogP contribution in [0.5, 0.6) is 5.88 Å². The molecule has 4 aromatic rings. The molecule has 0 radical (unpaired) electrons. The maximum absolute atomic E-state index is 14.3. The maximum atomic E-state index is 14.3. The van der Waals surface area contributed by atoms with E-state index in [1.165, 1.54) is 25.7 Å². The summed E-state index contributed by atoms with van der Waals surface area (Å²) in [6.45, 7) is 7.64. The number of sulfonamides is 1. The summed E-state index contributed by atoms with van der Waals surface area (Å²) in [7, 11) is -3.11. The van der Waals surface area contributed by atoms with Gasteiger partial charge in [-0.2, -0.15) is 0 Å². The summed E-state index contributed by atoms with van der Waals surface area (Å²) in [5, 5.41) is 2.47. The summed E-state index contributed by atoms with van der Waals surface area (Å²) in [4.78, 5) is 32.3. The van der Waals surface area contributed by atoms with Crippen molar-refractivity contribution in [2.24, 2.45) is 5.41 Å². The quantitative estimate of drug-likeness (QED) is 0.321. The molecule has 1 N–H and O–H groups in total. The fraction of sp³-hybridized carbons (Fsp3) is 0.310. The summed E-state index contributed by atoms with van der Waals surface area (Å²) in [6.07, 6.45) is 2.98. The van der Waals surface area contributed by atoms with Crippen LogP contribution in [0.4, 0.5) is 20.3 Å². The van der Waals surface area contributed by atoms with Crippen molar-refractivity contribution < 1.29 is 31.6 Å². The standard InChI is InChI=1S/C29H30F2N6O5S/c1-29(2,3)28(38)42-37-11-9-36(10-12-37)26-21-7-5-18(13-23(21)33-17-34-26)19-14-24(27(41-4)32-16-19)35-43(39,40)25-8-6-20(30)15-22(25)31/h5-8,13-17,35H,9-12H2,1-4H3. The number of anilines is 2. The topological polar surface area (TPSA) is 127 Å². The van der Waals surface area contributed by atoms with E-state index >= 15 is 0 Å². The molecule has 226 valence electrons. The zero-order valence-electron chi connectivity index (χ0n) is 24.0. The Balaban J connectivity index is 1.39. The number of nitrogens with one attached hydrogen (secondary N) is 1. The Hall–Kier alpha value is -4.43. The first kappa shape index (κ1) is 30.0. The average molecular weight is 613 g/mol. The molecule has 1 fully saturated rings. The summed E-state index contributed by atoms with van der Waals surface area (Å²) in [5.74, 6) is -1.71. The van der Waals surface area contributed by atoms with E-state index in [2.05, 4.69) is 24.6 Å². The molecular weight excluding hydrogens is 582 g/mol. The van der Waals surface area contributed by atoms with Gasteiger partial charge in [-0.25, -0.2) is 36.9 Å². The molecule has 43 heavy (non-hydrogen) atoms. The molecule has 2 aromatic carbocycles. The van der Waals surface area contributed by atoms with Crippen LogP contribution >= 0.6 is 0 Å².